The minimum Gasteiger partial charge on any atom is -0.468 e. The van der Waals surface area contributed by atoms with Crippen molar-refractivity contribution in [2.75, 3.05) is 7.11 Å². The van der Waals surface area contributed by atoms with Gasteiger partial charge in [-0.1, -0.05) is 11.6 Å². The zero-order valence-electron chi connectivity index (χ0n) is 9.67. The van der Waals surface area contributed by atoms with E-state index in [1.165, 1.54) is 0 Å². The van der Waals surface area contributed by atoms with E-state index >= 15 is 0 Å². The molecule has 0 saturated heterocycles. The van der Waals surface area contributed by atoms with Gasteiger partial charge in [-0.25, -0.2) is 0 Å². The van der Waals surface area contributed by atoms with Crippen LogP contribution in [0.3, 0.4) is 0 Å². The predicted molar refractivity (Wildman–Crippen MR) is 63.0 cm³/mol. The van der Waals surface area contributed by atoms with E-state index in [2.05, 4.69) is 4.74 Å². The summed E-state index contributed by atoms with van der Waals surface area (Å²) >= 11 is 5.48. The van der Waals surface area contributed by atoms with Gasteiger partial charge in [0.2, 0.25) is 5.82 Å². The third-order valence-corrected chi connectivity index (χ3v) is 2.66. The van der Waals surface area contributed by atoms with Gasteiger partial charge < -0.3 is 15.6 Å². The first-order valence-corrected chi connectivity index (χ1v) is 5.32. The van der Waals surface area contributed by atoms with Gasteiger partial charge in [0.15, 0.2) is 0 Å². The number of esters is 1. The van der Waals surface area contributed by atoms with E-state index in [-0.39, 0.29) is 5.56 Å². The Labute approximate surface area is 111 Å². The van der Waals surface area contributed by atoms with Crippen molar-refractivity contribution in [2.24, 2.45) is 5.73 Å². The fourth-order valence-electron chi connectivity index (χ4n) is 1.37. The van der Waals surface area contributed by atoms with Gasteiger partial charge in [-0.15, -0.1) is 0 Å². The van der Waals surface area contributed by atoms with Gasteiger partial charge in [0.05, 0.1) is 17.1 Å². The van der Waals surface area contributed by atoms with Gasteiger partial charge in [0.1, 0.15) is 12.1 Å². The maximum Gasteiger partial charge on any atom is 0.325 e. The topological polar surface area (TPSA) is 116 Å². The van der Waals surface area contributed by atoms with Crippen LogP contribution < -0.4 is 5.73 Å². The number of rotatable bonds is 4. The molecule has 0 bridgehead atoms. The van der Waals surface area contributed by atoms with Crippen LogP contribution in [0.4, 0.5) is 10.1 Å². The molecule has 3 N–H and O–H groups in total. The minimum absolute atomic E-state index is 0.156. The monoisotopic (exact) mass is 292 g/mol. The molecule has 0 amide bonds. The average Bonchev–Trinajstić information content (AvgIpc) is 2.38. The molecular formula is C10H10ClFN2O5. The van der Waals surface area contributed by atoms with Crippen LogP contribution >= 0.6 is 11.6 Å². The fraction of sp³-hybridized carbons (Fsp3) is 0.300. The maximum atomic E-state index is 13.3. The number of benzene rings is 1. The normalized spacial score (nSPS) is 13.7. The molecule has 0 aliphatic heterocycles. The molecule has 104 valence electrons. The highest BCUT2D eigenvalue weighted by Crippen LogP contribution is 2.30. The van der Waals surface area contributed by atoms with Crippen molar-refractivity contribution in [3.05, 3.63) is 38.7 Å². The number of methoxy groups -OCH3 is 1. The molecule has 2 atom stereocenters. The number of aliphatic hydroxyl groups excluding tert-OH is 1. The SMILES string of the molecule is COC(=O)[C@@H](N)[C@H](O)c1cc(Cl)c(F)c([N+](=O)[O-])c1. The smallest absolute Gasteiger partial charge is 0.325 e. The lowest BCUT2D eigenvalue weighted by Gasteiger charge is -2.17. The molecule has 0 heterocycles. The molecule has 9 heteroatoms. The molecule has 0 aliphatic rings. The van der Waals surface area contributed by atoms with Crippen LogP contribution in [0.15, 0.2) is 12.1 Å². The molecule has 0 radical (unpaired) electrons. The summed E-state index contributed by atoms with van der Waals surface area (Å²) in [6, 6.07) is 0.248. The van der Waals surface area contributed by atoms with Crippen molar-refractivity contribution < 1.29 is 24.0 Å². The fourth-order valence-corrected chi connectivity index (χ4v) is 1.59. The van der Waals surface area contributed by atoms with Crippen LogP contribution in [0.5, 0.6) is 0 Å². The number of nitro benzene ring substituents is 1. The third kappa shape index (κ3) is 3.16. The molecule has 1 aromatic rings. The summed E-state index contributed by atoms with van der Waals surface area (Å²) in [5, 5.41) is 19.8. The zero-order chi connectivity index (χ0) is 14.7. The number of carbonyl (C=O) groups is 1. The first-order chi connectivity index (χ1) is 8.79. The summed E-state index contributed by atoms with van der Waals surface area (Å²) in [6.45, 7) is 0. The summed E-state index contributed by atoms with van der Waals surface area (Å²) in [7, 11) is 1.06. The molecule has 0 saturated carbocycles. The molecule has 0 aliphatic carbocycles. The van der Waals surface area contributed by atoms with E-state index in [1.54, 1.807) is 0 Å². The van der Waals surface area contributed by atoms with E-state index in [0.29, 0.717) is 0 Å². The first kappa shape index (κ1) is 15.3. The highest BCUT2D eigenvalue weighted by atomic mass is 35.5. The summed E-state index contributed by atoms with van der Waals surface area (Å²) in [4.78, 5) is 20.8. The second kappa shape index (κ2) is 5.91. The van der Waals surface area contributed by atoms with E-state index in [4.69, 9.17) is 17.3 Å². The Bertz CT molecular complexity index is 525. The zero-order valence-corrected chi connectivity index (χ0v) is 10.4. The maximum absolute atomic E-state index is 13.3. The Balaban J connectivity index is 3.21. The number of halogens is 2. The van der Waals surface area contributed by atoms with Crippen molar-refractivity contribution >= 4 is 23.3 Å². The molecule has 0 fully saturated rings. The number of nitrogens with zero attached hydrogens (tertiary/aromatic N) is 1. The lowest BCUT2D eigenvalue weighted by molar-refractivity contribution is -0.387. The lowest BCUT2D eigenvalue weighted by atomic mass is 10.0. The quantitative estimate of drug-likeness (QED) is 0.484. The van der Waals surface area contributed by atoms with Gasteiger partial charge in [0, 0.05) is 6.07 Å². The number of nitrogens with two attached hydrogens (primary N) is 1. The Morgan fingerprint density at radius 2 is 2.21 bits per heavy atom. The molecule has 1 aromatic carbocycles. The number of hydrogen-bond acceptors (Lipinski definition) is 6. The number of hydrogen-bond donors (Lipinski definition) is 2. The van der Waals surface area contributed by atoms with E-state index < -0.39 is 39.6 Å². The van der Waals surface area contributed by atoms with Crippen LogP contribution in [0, 0.1) is 15.9 Å². The summed E-state index contributed by atoms with van der Waals surface area (Å²) in [5.74, 6) is -2.15. The molecular weight excluding hydrogens is 283 g/mol. The van der Waals surface area contributed by atoms with Crippen molar-refractivity contribution in [1.29, 1.82) is 0 Å². The number of aliphatic hydroxyl groups is 1. The Morgan fingerprint density at radius 1 is 1.63 bits per heavy atom. The highest BCUT2D eigenvalue weighted by molar-refractivity contribution is 6.31. The summed E-state index contributed by atoms with van der Waals surface area (Å²) in [5.41, 5.74) is 4.31. The number of ether oxygens (including phenoxy) is 1. The van der Waals surface area contributed by atoms with Gasteiger partial charge in [-0.05, 0) is 11.6 Å². The molecule has 7 nitrogen and oxygen atoms in total. The largest absolute Gasteiger partial charge is 0.468 e. The molecule has 0 aromatic heterocycles. The average molecular weight is 293 g/mol. The highest BCUT2D eigenvalue weighted by Gasteiger charge is 2.28. The lowest BCUT2D eigenvalue weighted by Crippen LogP contribution is -2.37. The Morgan fingerprint density at radius 3 is 2.68 bits per heavy atom. The van der Waals surface area contributed by atoms with Gasteiger partial charge in [-0.3, -0.25) is 14.9 Å². The van der Waals surface area contributed by atoms with Gasteiger partial charge in [-0.2, -0.15) is 4.39 Å². The second-order valence-electron chi connectivity index (χ2n) is 3.59. The first-order valence-electron chi connectivity index (χ1n) is 4.94. The van der Waals surface area contributed by atoms with Crippen molar-refractivity contribution in [3.63, 3.8) is 0 Å². The van der Waals surface area contributed by atoms with Gasteiger partial charge in [0.25, 0.3) is 0 Å². The molecule has 0 unspecified atom stereocenters. The van der Waals surface area contributed by atoms with E-state index in [1.807, 2.05) is 0 Å². The summed E-state index contributed by atoms with van der Waals surface area (Å²) in [6.07, 6.45) is -1.61. The van der Waals surface area contributed by atoms with Crippen LogP contribution in [0.25, 0.3) is 0 Å². The minimum atomic E-state index is -1.61. The van der Waals surface area contributed by atoms with Crippen molar-refractivity contribution in [3.8, 4) is 0 Å². The van der Waals surface area contributed by atoms with Crippen molar-refractivity contribution in [2.45, 2.75) is 12.1 Å². The molecule has 19 heavy (non-hydrogen) atoms. The summed E-state index contributed by atoms with van der Waals surface area (Å²) < 4.78 is 17.7. The molecule has 0 spiro atoms. The van der Waals surface area contributed by atoms with Crippen LogP contribution in [-0.4, -0.2) is 29.2 Å². The third-order valence-electron chi connectivity index (χ3n) is 2.38. The standard InChI is InChI=1S/C10H10ClFN2O5/c1-19-10(16)8(13)9(15)4-2-5(11)7(12)6(3-4)14(17)18/h2-3,8-9,15H,13H2,1H3/t8-,9+/m0/s1. The number of nitro groups is 1. The number of carbonyl (C=O) groups excluding carboxylic acids is 1. The second-order valence-corrected chi connectivity index (χ2v) is 3.99. The Hall–Kier alpha value is -1.77. The van der Waals surface area contributed by atoms with Crippen LogP contribution in [0.1, 0.15) is 11.7 Å². The van der Waals surface area contributed by atoms with Crippen LogP contribution in [0.2, 0.25) is 5.02 Å². The van der Waals surface area contributed by atoms with E-state index in [9.17, 15) is 24.4 Å². The van der Waals surface area contributed by atoms with E-state index in [0.717, 1.165) is 19.2 Å². The van der Waals surface area contributed by atoms with Crippen LogP contribution in [-0.2, 0) is 9.53 Å². The predicted octanol–water partition coefficient (Wildman–Crippen LogP) is 0.921. The Kier molecular flexibility index (Phi) is 4.76. The van der Waals surface area contributed by atoms with Crippen molar-refractivity contribution in [1.82, 2.24) is 0 Å². The van der Waals surface area contributed by atoms with Gasteiger partial charge >= 0.3 is 11.7 Å². The molecule has 1 rings (SSSR count).